The summed E-state index contributed by atoms with van der Waals surface area (Å²) in [6, 6.07) is 12.5. The van der Waals surface area contributed by atoms with Gasteiger partial charge in [-0.05, 0) is 49.6 Å². The minimum absolute atomic E-state index is 0.470. The third-order valence-corrected chi connectivity index (χ3v) is 5.30. The van der Waals surface area contributed by atoms with Gasteiger partial charge in [0.1, 0.15) is 11.3 Å². The summed E-state index contributed by atoms with van der Waals surface area (Å²) in [5, 5.41) is 0. The van der Waals surface area contributed by atoms with Crippen molar-refractivity contribution in [2.24, 2.45) is 0 Å². The number of hydrogen-bond acceptors (Lipinski definition) is 5. The van der Waals surface area contributed by atoms with E-state index in [0.717, 1.165) is 54.1 Å². The van der Waals surface area contributed by atoms with Gasteiger partial charge >= 0.3 is 0 Å². The fraction of sp³-hybridized carbons (Fsp3) is 0.333. The molecule has 0 atom stereocenters. The minimum Gasteiger partial charge on any atom is -0.440 e. The monoisotopic (exact) mass is 362 g/mol. The molecule has 27 heavy (non-hydrogen) atoms. The van der Waals surface area contributed by atoms with E-state index in [9.17, 15) is 0 Å². The highest BCUT2D eigenvalue weighted by Gasteiger charge is 2.20. The summed E-state index contributed by atoms with van der Waals surface area (Å²) in [7, 11) is 0. The van der Waals surface area contributed by atoms with Gasteiger partial charge in [-0.3, -0.25) is 0 Å². The van der Waals surface area contributed by atoms with Crippen molar-refractivity contribution in [1.29, 1.82) is 0 Å². The second kappa shape index (κ2) is 6.39. The molecule has 0 saturated carbocycles. The van der Waals surface area contributed by atoms with Crippen LogP contribution in [0.5, 0.6) is 0 Å². The predicted octanol–water partition coefficient (Wildman–Crippen LogP) is 4.01. The lowest BCUT2D eigenvalue weighted by Gasteiger charge is -2.25. The van der Waals surface area contributed by atoms with Crippen LogP contribution in [0.4, 0.5) is 5.69 Å². The lowest BCUT2D eigenvalue weighted by atomic mass is 10.1. The Hall–Kier alpha value is -2.86. The zero-order valence-electron chi connectivity index (χ0n) is 15.3. The second-order valence-electron chi connectivity index (χ2n) is 7.21. The van der Waals surface area contributed by atoms with Crippen molar-refractivity contribution in [3.05, 3.63) is 53.7 Å². The van der Waals surface area contributed by atoms with Gasteiger partial charge in [0.15, 0.2) is 11.5 Å². The first-order chi connectivity index (χ1) is 13.2. The van der Waals surface area contributed by atoms with Gasteiger partial charge < -0.3 is 19.5 Å². The first-order valence-corrected chi connectivity index (χ1v) is 9.37. The molecule has 0 radical (unpaired) electrons. The standard InChI is InChI=1S/C21H22N4O2/c1-13-23-18-10-14(2-5-19(18)25(13)16-6-8-26-9-7-16)11-21-24-17-4-3-15(22)12-20(17)27-21/h2-5,10,12,16H,6-9,11,22H2,1H3. The van der Waals surface area contributed by atoms with Crippen molar-refractivity contribution >= 4 is 27.8 Å². The van der Waals surface area contributed by atoms with E-state index in [1.807, 2.05) is 18.2 Å². The molecule has 138 valence electrons. The molecule has 0 amide bonds. The van der Waals surface area contributed by atoms with Crippen molar-refractivity contribution in [1.82, 2.24) is 14.5 Å². The number of nitrogen functional groups attached to an aromatic ring is 1. The first-order valence-electron chi connectivity index (χ1n) is 9.37. The molecule has 2 aromatic heterocycles. The van der Waals surface area contributed by atoms with Crippen LogP contribution in [0.3, 0.4) is 0 Å². The highest BCUT2D eigenvalue weighted by molar-refractivity contribution is 5.78. The maximum atomic E-state index is 5.86. The summed E-state index contributed by atoms with van der Waals surface area (Å²) in [5.41, 5.74) is 11.4. The lowest BCUT2D eigenvalue weighted by Crippen LogP contribution is -2.20. The van der Waals surface area contributed by atoms with Crippen molar-refractivity contribution < 1.29 is 9.15 Å². The molecule has 3 heterocycles. The van der Waals surface area contributed by atoms with Crippen molar-refractivity contribution in [2.75, 3.05) is 18.9 Å². The van der Waals surface area contributed by atoms with E-state index in [2.05, 4.69) is 34.7 Å². The van der Waals surface area contributed by atoms with Crippen molar-refractivity contribution in [3.8, 4) is 0 Å². The third-order valence-electron chi connectivity index (χ3n) is 5.30. The fourth-order valence-corrected chi connectivity index (χ4v) is 4.02. The zero-order valence-corrected chi connectivity index (χ0v) is 15.3. The van der Waals surface area contributed by atoms with E-state index < -0.39 is 0 Å². The number of hydrogen-bond donors (Lipinski definition) is 1. The number of oxazole rings is 1. The van der Waals surface area contributed by atoms with E-state index in [1.165, 1.54) is 5.52 Å². The number of fused-ring (bicyclic) bond motifs is 2. The molecule has 0 unspecified atom stereocenters. The van der Waals surface area contributed by atoms with Crippen LogP contribution < -0.4 is 5.73 Å². The van der Waals surface area contributed by atoms with Crippen LogP contribution in [-0.2, 0) is 11.2 Å². The number of imidazole rings is 1. The normalized spacial score (nSPS) is 15.7. The summed E-state index contributed by atoms with van der Waals surface area (Å²) in [6.07, 6.45) is 2.72. The van der Waals surface area contributed by atoms with Crippen LogP contribution >= 0.6 is 0 Å². The largest absolute Gasteiger partial charge is 0.440 e. The highest BCUT2D eigenvalue weighted by Crippen LogP contribution is 2.29. The van der Waals surface area contributed by atoms with Gasteiger partial charge in [0, 0.05) is 37.4 Å². The smallest absolute Gasteiger partial charge is 0.199 e. The minimum atomic E-state index is 0.470. The summed E-state index contributed by atoms with van der Waals surface area (Å²) < 4.78 is 13.7. The van der Waals surface area contributed by atoms with Crippen LogP contribution in [-0.4, -0.2) is 27.7 Å². The molecule has 1 aliphatic rings. The van der Waals surface area contributed by atoms with Crippen LogP contribution in [0.2, 0.25) is 0 Å². The zero-order chi connectivity index (χ0) is 18.4. The van der Waals surface area contributed by atoms with Gasteiger partial charge in [-0.25, -0.2) is 9.97 Å². The molecule has 1 saturated heterocycles. The predicted molar refractivity (Wildman–Crippen MR) is 105 cm³/mol. The number of rotatable bonds is 3. The molecule has 0 aliphatic carbocycles. The number of anilines is 1. The second-order valence-corrected chi connectivity index (χ2v) is 7.21. The van der Waals surface area contributed by atoms with Crippen LogP contribution in [0.1, 0.15) is 36.2 Å². The third kappa shape index (κ3) is 2.96. The highest BCUT2D eigenvalue weighted by atomic mass is 16.5. The van der Waals surface area contributed by atoms with E-state index >= 15 is 0 Å². The molecule has 6 heteroatoms. The number of aromatic nitrogens is 3. The summed E-state index contributed by atoms with van der Waals surface area (Å²) in [6.45, 7) is 3.73. The first kappa shape index (κ1) is 16.3. The van der Waals surface area contributed by atoms with E-state index in [4.69, 9.17) is 19.9 Å². The summed E-state index contributed by atoms with van der Waals surface area (Å²) >= 11 is 0. The molecule has 6 nitrogen and oxygen atoms in total. The maximum absolute atomic E-state index is 5.86. The van der Waals surface area contributed by atoms with Gasteiger partial charge in [0.2, 0.25) is 0 Å². The maximum Gasteiger partial charge on any atom is 0.199 e. The van der Waals surface area contributed by atoms with E-state index in [-0.39, 0.29) is 0 Å². The Morgan fingerprint density at radius 2 is 1.93 bits per heavy atom. The van der Waals surface area contributed by atoms with Gasteiger partial charge in [0.25, 0.3) is 0 Å². The molecular weight excluding hydrogens is 340 g/mol. The number of ether oxygens (including phenoxy) is 1. The lowest BCUT2D eigenvalue weighted by molar-refractivity contribution is 0.0701. The Balaban J connectivity index is 1.47. The molecule has 1 aliphatic heterocycles. The molecule has 2 aromatic carbocycles. The van der Waals surface area contributed by atoms with Crippen LogP contribution in [0.25, 0.3) is 22.1 Å². The summed E-state index contributed by atoms with van der Waals surface area (Å²) in [4.78, 5) is 9.36. The van der Waals surface area contributed by atoms with Crippen LogP contribution in [0.15, 0.2) is 40.8 Å². The molecule has 0 spiro atoms. The Kier molecular flexibility index (Phi) is 3.86. The van der Waals surface area contributed by atoms with Gasteiger partial charge in [-0.2, -0.15) is 0 Å². The molecule has 2 N–H and O–H groups in total. The average Bonchev–Trinajstić information content (AvgIpc) is 3.20. The molecule has 5 rings (SSSR count). The number of nitrogens with two attached hydrogens (primary N) is 1. The van der Waals surface area contributed by atoms with Gasteiger partial charge in [0.05, 0.1) is 11.0 Å². The Morgan fingerprint density at radius 3 is 2.78 bits per heavy atom. The Bertz CT molecular complexity index is 1120. The molecule has 4 aromatic rings. The average molecular weight is 362 g/mol. The quantitative estimate of drug-likeness (QED) is 0.557. The van der Waals surface area contributed by atoms with Crippen LogP contribution in [0, 0.1) is 6.92 Å². The number of benzene rings is 2. The molecule has 0 bridgehead atoms. The fourth-order valence-electron chi connectivity index (χ4n) is 4.02. The van der Waals surface area contributed by atoms with E-state index in [0.29, 0.717) is 24.0 Å². The topological polar surface area (TPSA) is 79.1 Å². The number of nitrogens with zero attached hydrogens (tertiary/aromatic N) is 3. The van der Waals surface area contributed by atoms with Gasteiger partial charge in [-0.1, -0.05) is 6.07 Å². The van der Waals surface area contributed by atoms with E-state index in [1.54, 1.807) is 0 Å². The van der Waals surface area contributed by atoms with Crippen molar-refractivity contribution in [3.63, 3.8) is 0 Å². The number of aryl methyl sites for hydroxylation is 1. The summed E-state index contributed by atoms with van der Waals surface area (Å²) in [5.74, 6) is 1.75. The molecule has 1 fully saturated rings. The Morgan fingerprint density at radius 1 is 1.07 bits per heavy atom. The van der Waals surface area contributed by atoms with Gasteiger partial charge in [-0.15, -0.1) is 0 Å². The molecular formula is C21H22N4O2. The SMILES string of the molecule is Cc1nc2cc(Cc3nc4ccc(N)cc4o3)ccc2n1C1CCOCC1. The Labute approximate surface area is 157 Å². The van der Waals surface area contributed by atoms with Crippen molar-refractivity contribution in [2.45, 2.75) is 32.2 Å².